The van der Waals surface area contributed by atoms with Gasteiger partial charge in [0.25, 0.3) is 0 Å². The van der Waals surface area contributed by atoms with Crippen molar-refractivity contribution in [2.45, 2.75) is 0 Å². The summed E-state index contributed by atoms with van der Waals surface area (Å²) in [4.78, 5) is 25.5. The molecule has 0 radical (unpaired) electrons. The van der Waals surface area contributed by atoms with Gasteiger partial charge in [0.05, 0.1) is 5.56 Å². The topological polar surface area (TPSA) is 56.5 Å². The van der Waals surface area contributed by atoms with E-state index in [1.807, 2.05) is 72.8 Å². The molecule has 0 N–H and O–H groups in total. The van der Waals surface area contributed by atoms with Crippen molar-refractivity contribution >= 4 is 44.3 Å². The number of rotatable bonds is 4. The number of para-hydroxylation sites is 1. The van der Waals surface area contributed by atoms with Crippen LogP contribution in [0.25, 0.3) is 32.5 Å². The first-order chi connectivity index (χ1) is 14.2. The highest BCUT2D eigenvalue weighted by Crippen LogP contribution is 2.29. The van der Waals surface area contributed by atoms with Crippen LogP contribution in [0.4, 0.5) is 0 Å². The van der Waals surface area contributed by atoms with Crippen LogP contribution in [0.1, 0.15) is 20.9 Å². The lowest BCUT2D eigenvalue weighted by Gasteiger charge is -2.11. The van der Waals surface area contributed by atoms with Crippen molar-refractivity contribution in [3.63, 3.8) is 0 Å². The quantitative estimate of drug-likeness (QED) is 0.225. The van der Waals surface area contributed by atoms with Gasteiger partial charge in [-0.25, -0.2) is 4.79 Å². The van der Waals surface area contributed by atoms with Gasteiger partial charge in [-0.3, -0.25) is 4.79 Å². The number of ether oxygens (including phenoxy) is 1. The summed E-state index contributed by atoms with van der Waals surface area (Å²) in [5.74, 6) is -0.719. The normalized spacial score (nSPS) is 11.2. The van der Waals surface area contributed by atoms with E-state index in [2.05, 4.69) is 0 Å². The first-order valence-corrected chi connectivity index (χ1v) is 9.30. The van der Waals surface area contributed by atoms with Crippen molar-refractivity contribution in [2.75, 3.05) is 6.61 Å². The lowest BCUT2D eigenvalue weighted by Crippen LogP contribution is -2.14. The van der Waals surface area contributed by atoms with Crippen LogP contribution >= 0.6 is 0 Å². The van der Waals surface area contributed by atoms with Gasteiger partial charge in [-0.1, -0.05) is 66.7 Å². The molecule has 0 saturated carbocycles. The second-order valence-corrected chi connectivity index (χ2v) is 6.84. The van der Waals surface area contributed by atoms with E-state index in [4.69, 9.17) is 9.15 Å². The van der Waals surface area contributed by atoms with Gasteiger partial charge in [0.1, 0.15) is 5.58 Å². The first-order valence-electron chi connectivity index (χ1n) is 9.30. The van der Waals surface area contributed by atoms with Crippen molar-refractivity contribution < 1.29 is 18.7 Å². The van der Waals surface area contributed by atoms with E-state index < -0.39 is 5.97 Å². The molecule has 0 fully saturated rings. The molecule has 4 aromatic carbocycles. The van der Waals surface area contributed by atoms with Gasteiger partial charge in [-0.2, -0.15) is 0 Å². The monoisotopic (exact) mass is 380 g/mol. The molecule has 1 aromatic heterocycles. The largest absolute Gasteiger partial charge is 0.454 e. The van der Waals surface area contributed by atoms with Crippen LogP contribution in [0.2, 0.25) is 0 Å². The van der Waals surface area contributed by atoms with Crippen molar-refractivity contribution in [1.29, 1.82) is 0 Å². The minimum absolute atomic E-state index is 0.182. The summed E-state index contributed by atoms with van der Waals surface area (Å²) in [7, 11) is 0. The lowest BCUT2D eigenvalue weighted by molar-refractivity contribution is 0.0472. The fourth-order valence-electron chi connectivity index (χ4n) is 3.63. The zero-order valence-electron chi connectivity index (χ0n) is 15.4. The van der Waals surface area contributed by atoms with E-state index in [1.54, 1.807) is 12.1 Å². The minimum Gasteiger partial charge on any atom is -0.454 e. The number of ketones is 1. The molecule has 0 spiro atoms. The lowest BCUT2D eigenvalue weighted by atomic mass is 9.97. The van der Waals surface area contributed by atoms with Crippen LogP contribution in [-0.4, -0.2) is 18.4 Å². The summed E-state index contributed by atoms with van der Waals surface area (Å²) in [5, 5.41) is 4.32. The fraction of sp³-hybridized carbons (Fsp3) is 0.0400. The van der Waals surface area contributed by atoms with Gasteiger partial charge >= 0.3 is 5.97 Å². The number of benzene rings is 4. The van der Waals surface area contributed by atoms with Crippen molar-refractivity contribution in [1.82, 2.24) is 0 Å². The second-order valence-electron chi connectivity index (χ2n) is 6.84. The van der Waals surface area contributed by atoms with Gasteiger partial charge in [-0.05, 0) is 39.7 Å². The number of carbonyl (C=O) groups excluding carboxylic acids is 2. The molecule has 0 saturated heterocycles. The van der Waals surface area contributed by atoms with E-state index in [-0.39, 0.29) is 18.2 Å². The van der Waals surface area contributed by atoms with Crippen LogP contribution in [0.5, 0.6) is 0 Å². The predicted molar refractivity (Wildman–Crippen MR) is 112 cm³/mol. The molecule has 4 nitrogen and oxygen atoms in total. The Morgan fingerprint density at radius 2 is 1.31 bits per heavy atom. The maximum Gasteiger partial charge on any atom is 0.339 e. The van der Waals surface area contributed by atoms with Gasteiger partial charge in [-0.15, -0.1) is 0 Å². The number of hydrogen-bond donors (Lipinski definition) is 0. The molecular weight excluding hydrogens is 364 g/mol. The van der Waals surface area contributed by atoms with Crippen LogP contribution in [0, 0.1) is 0 Å². The van der Waals surface area contributed by atoms with Gasteiger partial charge in [0.2, 0.25) is 5.78 Å². The van der Waals surface area contributed by atoms with Crippen molar-refractivity contribution in [3.8, 4) is 0 Å². The minimum atomic E-state index is -0.525. The highest BCUT2D eigenvalue weighted by Gasteiger charge is 2.19. The molecule has 29 heavy (non-hydrogen) atoms. The Morgan fingerprint density at radius 3 is 1.97 bits per heavy atom. The Balaban J connectivity index is 1.47. The number of fused-ring (bicyclic) bond motifs is 3. The van der Waals surface area contributed by atoms with Crippen LogP contribution < -0.4 is 0 Å². The molecule has 5 aromatic rings. The Labute approximate surface area is 166 Å². The predicted octanol–water partition coefficient (Wildman–Crippen LogP) is 5.78. The molecule has 1 heterocycles. The third-order valence-corrected chi connectivity index (χ3v) is 5.01. The van der Waals surface area contributed by atoms with Crippen LogP contribution in [0.3, 0.4) is 0 Å². The fourth-order valence-corrected chi connectivity index (χ4v) is 3.63. The highest BCUT2D eigenvalue weighted by molar-refractivity contribution is 6.17. The average Bonchev–Trinajstić information content (AvgIpc) is 3.20. The Hall–Kier alpha value is -3.92. The Bertz CT molecular complexity index is 1310. The summed E-state index contributed by atoms with van der Waals surface area (Å²) in [6.45, 7) is -0.379. The second kappa shape index (κ2) is 6.91. The average molecular weight is 380 g/mol. The Kier molecular flexibility index (Phi) is 4.10. The molecule has 0 amide bonds. The van der Waals surface area contributed by atoms with E-state index in [9.17, 15) is 9.59 Å². The molecule has 0 bridgehead atoms. The van der Waals surface area contributed by atoms with E-state index in [1.165, 1.54) is 0 Å². The molecule has 5 rings (SSSR count). The SMILES string of the molecule is O=C(COC(=O)c1c2ccccc2cc2ccccc12)c1cc2ccccc2o1. The summed E-state index contributed by atoms with van der Waals surface area (Å²) >= 11 is 0. The zero-order valence-corrected chi connectivity index (χ0v) is 15.4. The molecule has 0 atom stereocenters. The van der Waals surface area contributed by atoms with Gasteiger partial charge < -0.3 is 9.15 Å². The molecule has 0 unspecified atom stereocenters. The molecule has 4 heteroatoms. The highest BCUT2D eigenvalue weighted by atomic mass is 16.5. The smallest absolute Gasteiger partial charge is 0.339 e. The molecule has 140 valence electrons. The van der Waals surface area contributed by atoms with Crippen molar-refractivity contribution in [2.24, 2.45) is 0 Å². The van der Waals surface area contributed by atoms with E-state index in [0.29, 0.717) is 11.1 Å². The standard InChI is InChI=1S/C25H16O4/c26-21(23-14-18-9-3-6-12-22(18)29-23)15-28-25(27)24-19-10-4-1-7-16(19)13-17-8-2-5-11-20(17)24/h1-14H,15H2. The van der Waals surface area contributed by atoms with Gasteiger partial charge in [0.15, 0.2) is 12.4 Å². The summed E-state index contributed by atoms with van der Waals surface area (Å²) in [6, 6.07) is 26.4. The number of esters is 1. The van der Waals surface area contributed by atoms with Crippen molar-refractivity contribution in [3.05, 3.63) is 96.3 Å². The maximum atomic E-state index is 13.0. The summed E-state index contributed by atoms with van der Waals surface area (Å²) < 4.78 is 11.0. The maximum absolute atomic E-state index is 13.0. The summed E-state index contributed by atoms with van der Waals surface area (Å²) in [5.41, 5.74) is 1.10. The number of furan rings is 1. The number of Topliss-reactive ketones (excluding diaryl/α,β-unsaturated/α-hetero) is 1. The van der Waals surface area contributed by atoms with Crippen LogP contribution in [-0.2, 0) is 4.74 Å². The number of carbonyl (C=O) groups is 2. The third kappa shape index (κ3) is 3.05. The Morgan fingerprint density at radius 1 is 0.724 bits per heavy atom. The third-order valence-electron chi connectivity index (χ3n) is 5.01. The number of hydrogen-bond acceptors (Lipinski definition) is 4. The zero-order chi connectivity index (χ0) is 19.8. The molecule has 0 aliphatic rings. The van der Waals surface area contributed by atoms with E-state index in [0.717, 1.165) is 26.9 Å². The molecular formula is C25H16O4. The summed E-state index contributed by atoms with van der Waals surface area (Å²) in [6.07, 6.45) is 0. The van der Waals surface area contributed by atoms with Crippen LogP contribution in [0.15, 0.2) is 89.3 Å². The first kappa shape index (κ1) is 17.2. The van der Waals surface area contributed by atoms with Gasteiger partial charge in [0, 0.05) is 5.39 Å². The molecule has 0 aliphatic heterocycles. The van der Waals surface area contributed by atoms with E-state index >= 15 is 0 Å². The molecule has 0 aliphatic carbocycles.